The Kier molecular flexibility index (Phi) is 14.0. The Morgan fingerprint density at radius 3 is 2.37 bits per heavy atom. The van der Waals surface area contributed by atoms with E-state index in [4.69, 9.17) is 9.47 Å². The smallest absolute Gasteiger partial charge is 0.319 e. The van der Waals surface area contributed by atoms with Crippen molar-refractivity contribution < 1.29 is 29.0 Å². The van der Waals surface area contributed by atoms with Gasteiger partial charge in [-0.15, -0.1) is 0 Å². The Labute approximate surface area is 275 Å². The van der Waals surface area contributed by atoms with Crippen LogP contribution < -0.4 is 15.4 Å². The number of rotatable bonds is 7. The molecule has 1 aromatic carbocycles. The number of aliphatic hydroxyl groups is 1. The highest BCUT2D eigenvalue weighted by Gasteiger charge is 2.32. The number of carbonyl (C=O) groups excluding carboxylic acids is 3. The van der Waals surface area contributed by atoms with E-state index >= 15 is 0 Å². The maximum atomic E-state index is 14.4. The third kappa shape index (κ3) is 10.3. The standard InChI is InChI=1S/C36H58N4O6/c1-25-22-40(26(2)24-41)35(43)31-21-30(38-36(44)37-29-16-9-6-10-17-29)18-19-32(31)46-27(3)13-11-12-20-45-33(25)23-39(4)34(42)28-14-7-5-8-15-28/h18-19,21,25-29,33,41H,5-17,20,22-24H2,1-4H3,(H2,37,38,44)/t25-,26-,27+,33+/m0/s1. The number of fused-ring (bicyclic) bond motifs is 1. The Bertz CT molecular complexity index is 1140. The van der Waals surface area contributed by atoms with Gasteiger partial charge in [-0.3, -0.25) is 9.59 Å². The molecule has 0 saturated heterocycles. The number of likely N-dealkylation sites (N-methyl/N-ethyl adjacent to an activating group) is 1. The average Bonchev–Trinajstić information content (AvgIpc) is 3.06. The molecule has 10 heteroatoms. The van der Waals surface area contributed by atoms with E-state index in [-0.39, 0.29) is 54.5 Å². The lowest BCUT2D eigenvalue weighted by Gasteiger charge is -2.36. The van der Waals surface area contributed by atoms with Crippen molar-refractivity contribution >= 4 is 23.5 Å². The monoisotopic (exact) mass is 642 g/mol. The van der Waals surface area contributed by atoms with E-state index in [1.165, 1.54) is 12.8 Å². The van der Waals surface area contributed by atoms with Crippen LogP contribution in [-0.2, 0) is 9.53 Å². The zero-order chi connectivity index (χ0) is 33.1. The molecule has 2 fully saturated rings. The van der Waals surface area contributed by atoms with Gasteiger partial charge in [0.05, 0.1) is 30.4 Å². The molecule has 0 unspecified atom stereocenters. The lowest BCUT2D eigenvalue weighted by Crippen LogP contribution is -2.48. The highest BCUT2D eigenvalue weighted by atomic mass is 16.5. The number of carbonyl (C=O) groups is 3. The van der Waals surface area contributed by atoms with Crippen LogP contribution in [0.5, 0.6) is 5.75 Å². The highest BCUT2D eigenvalue weighted by Crippen LogP contribution is 2.29. The molecule has 10 nitrogen and oxygen atoms in total. The molecular formula is C36H58N4O6. The molecule has 2 aliphatic carbocycles. The zero-order valence-electron chi connectivity index (χ0n) is 28.6. The molecule has 1 aliphatic heterocycles. The van der Waals surface area contributed by atoms with Gasteiger partial charge in [-0.25, -0.2) is 4.79 Å². The van der Waals surface area contributed by atoms with Gasteiger partial charge in [0.2, 0.25) is 5.91 Å². The normalized spacial score (nSPS) is 25.0. The van der Waals surface area contributed by atoms with Gasteiger partial charge in [-0.1, -0.05) is 45.4 Å². The second-order valence-electron chi connectivity index (χ2n) is 14.0. The van der Waals surface area contributed by atoms with Gasteiger partial charge in [-0.05, 0) is 77.0 Å². The van der Waals surface area contributed by atoms with Crippen molar-refractivity contribution in [1.82, 2.24) is 15.1 Å². The van der Waals surface area contributed by atoms with Crippen molar-refractivity contribution in [2.75, 3.05) is 38.7 Å². The van der Waals surface area contributed by atoms with Crippen LogP contribution in [0.4, 0.5) is 10.5 Å². The summed E-state index contributed by atoms with van der Waals surface area (Å²) >= 11 is 0. The molecule has 3 N–H and O–H groups in total. The number of hydrogen-bond donors (Lipinski definition) is 3. The summed E-state index contributed by atoms with van der Waals surface area (Å²) in [6.45, 7) is 7.00. The molecule has 3 aliphatic rings. The van der Waals surface area contributed by atoms with Gasteiger partial charge in [0, 0.05) is 50.3 Å². The van der Waals surface area contributed by atoms with Crippen LogP contribution in [0, 0.1) is 11.8 Å². The summed E-state index contributed by atoms with van der Waals surface area (Å²) in [6.07, 6.45) is 12.8. The summed E-state index contributed by atoms with van der Waals surface area (Å²) in [4.78, 5) is 44.1. The second-order valence-corrected chi connectivity index (χ2v) is 14.0. The predicted molar refractivity (Wildman–Crippen MR) is 180 cm³/mol. The molecule has 4 atom stereocenters. The van der Waals surface area contributed by atoms with Crippen molar-refractivity contribution in [1.29, 1.82) is 0 Å². The molecule has 2 saturated carbocycles. The summed E-state index contributed by atoms with van der Waals surface area (Å²) in [5, 5.41) is 16.2. The Morgan fingerprint density at radius 2 is 1.67 bits per heavy atom. The molecule has 1 aromatic rings. The number of amides is 4. The van der Waals surface area contributed by atoms with Crippen LogP contribution in [-0.4, -0.2) is 90.4 Å². The van der Waals surface area contributed by atoms with Crippen molar-refractivity contribution in [3.05, 3.63) is 23.8 Å². The van der Waals surface area contributed by atoms with E-state index in [1.54, 1.807) is 23.1 Å². The van der Waals surface area contributed by atoms with Crippen molar-refractivity contribution in [3.63, 3.8) is 0 Å². The summed E-state index contributed by atoms with van der Waals surface area (Å²) in [7, 11) is 1.87. The molecule has 0 spiro atoms. The zero-order valence-corrected chi connectivity index (χ0v) is 28.6. The van der Waals surface area contributed by atoms with Gasteiger partial charge in [0.15, 0.2) is 0 Å². The van der Waals surface area contributed by atoms with Gasteiger partial charge >= 0.3 is 6.03 Å². The van der Waals surface area contributed by atoms with Gasteiger partial charge in [0.1, 0.15) is 5.75 Å². The fourth-order valence-corrected chi connectivity index (χ4v) is 7.08. The summed E-state index contributed by atoms with van der Waals surface area (Å²) in [5.74, 6) is 0.313. The molecule has 46 heavy (non-hydrogen) atoms. The first-order chi connectivity index (χ1) is 22.2. The van der Waals surface area contributed by atoms with Crippen LogP contribution >= 0.6 is 0 Å². The minimum absolute atomic E-state index is 0.0746. The number of benzene rings is 1. The van der Waals surface area contributed by atoms with E-state index in [0.29, 0.717) is 36.7 Å². The first kappa shape index (κ1) is 36.0. The largest absolute Gasteiger partial charge is 0.490 e. The minimum Gasteiger partial charge on any atom is -0.490 e. The molecular weight excluding hydrogens is 584 g/mol. The van der Waals surface area contributed by atoms with Gasteiger partial charge < -0.3 is 35.0 Å². The number of nitrogens with one attached hydrogen (secondary N) is 2. The molecule has 258 valence electrons. The van der Waals surface area contributed by atoms with Gasteiger partial charge in [0.25, 0.3) is 5.91 Å². The number of urea groups is 1. The maximum Gasteiger partial charge on any atom is 0.319 e. The number of nitrogens with zero attached hydrogens (tertiary/aromatic N) is 2. The topological polar surface area (TPSA) is 120 Å². The quantitative estimate of drug-likeness (QED) is 0.337. The summed E-state index contributed by atoms with van der Waals surface area (Å²) < 4.78 is 12.8. The molecule has 0 radical (unpaired) electrons. The SMILES string of the molecule is C[C@@H]1CCCCO[C@H](CN(C)C(=O)C2CCCCC2)[C@@H](C)CN([C@@H](C)CO)C(=O)c2cc(NC(=O)NC3CCCCC3)ccc2O1. The van der Waals surface area contributed by atoms with Crippen LogP contribution in [0.1, 0.15) is 115 Å². The lowest BCUT2D eigenvalue weighted by molar-refractivity contribution is -0.137. The lowest BCUT2D eigenvalue weighted by atomic mass is 9.88. The molecule has 0 bridgehead atoms. The molecule has 4 amide bonds. The van der Waals surface area contributed by atoms with Crippen LogP contribution in [0.25, 0.3) is 0 Å². The third-order valence-electron chi connectivity index (χ3n) is 10.0. The third-order valence-corrected chi connectivity index (χ3v) is 10.0. The number of hydrogen-bond acceptors (Lipinski definition) is 6. The van der Waals surface area contributed by atoms with Crippen LogP contribution in [0.2, 0.25) is 0 Å². The van der Waals surface area contributed by atoms with Crippen LogP contribution in [0.3, 0.4) is 0 Å². The molecule has 4 rings (SSSR count). The highest BCUT2D eigenvalue weighted by molar-refractivity contribution is 5.99. The first-order valence-electron chi connectivity index (χ1n) is 17.8. The summed E-state index contributed by atoms with van der Waals surface area (Å²) in [6, 6.07) is 4.62. The summed E-state index contributed by atoms with van der Waals surface area (Å²) in [5.41, 5.74) is 0.848. The predicted octanol–water partition coefficient (Wildman–Crippen LogP) is 5.98. The minimum atomic E-state index is -0.471. The van der Waals surface area contributed by atoms with Gasteiger partial charge in [-0.2, -0.15) is 0 Å². The van der Waals surface area contributed by atoms with Crippen LogP contribution in [0.15, 0.2) is 18.2 Å². The molecule has 0 aromatic heterocycles. The van der Waals surface area contributed by atoms with E-state index in [0.717, 1.165) is 70.6 Å². The van der Waals surface area contributed by atoms with Crippen molar-refractivity contribution in [2.45, 2.75) is 129 Å². The Morgan fingerprint density at radius 1 is 1.00 bits per heavy atom. The second kappa shape index (κ2) is 17.9. The Hall–Kier alpha value is -2.85. The number of aliphatic hydroxyl groups excluding tert-OH is 1. The molecule has 1 heterocycles. The van der Waals surface area contributed by atoms with Crippen molar-refractivity contribution in [3.8, 4) is 5.75 Å². The Balaban J connectivity index is 1.56. The first-order valence-corrected chi connectivity index (χ1v) is 17.8. The fraction of sp³-hybridized carbons (Fsp3) is 0.750. The maximum absolute atomic E-state index is 14.4. The number of ether oxygens (including phenoxy) is 2. The van der Waals surface area contributed by atoms with E-state index in [2.05, 4.69) is 10.6 Å². The average molecular weight is 643 g/mol. The fourth-order valence-electron chi connectivity index (χ4n) is 7.08. The van der Waals surface area contributed by atoms with Crippen molar-refractivity contribution in [2.24, 2.45) is 11.8 Å². The van der Waals surface area contributed by atoms with E-state index in [9.17, 15) is 19.5 Å². The van der Waals surface area contributed by atoms with E-state index < -0.39 is 6.04 Å². The van der Waals surface area contributed by atoms with E-state index in [1.807, 2.05) is 32.7 Å². The number of anilines is 1.